The van der Waals surface area contributed by atoms with E-state index in [-0.39, 0.29) is 0 Å². The number of nitrogens with zero attached hydrogens (tertiary/aromatic N) is 1. The van der Waals surface area contributed by atoms with Crippen LogP contribution in [0.2, 0.25) is 0 Å². The molecule has 1 aliphatic heterocycles. The molecule has 1 aliphatic carbocycles. The van der Waals surface area contributed by atoms with Crippen molar-refractivity contribution in [3.05, 3.63) is 17.5 Å². The first kappa shape index (κ1) is 12.2. The molecule has 1 aromatic rings. The van der Waals surface area contributed by atoms with Crippen molar-refractivity contribution < 1.29 is 4.52 Å². The van der Waals surface area contributed by atoms with Crippen molar-refractivity contribution in [1.29, 1.82) is 0 Å². The molecule has 3 nitrogen and oxygen atoms in total. The van der Waals surface area contributed by atoms with Gasteiger partial charge in [-0.1, -0.05) is 24.4 Å². The Bertz CT molecular complexity index is 362. The normalized spacial score (nSPS) is 26.3. The maximum absolute atomic E-state index is 5.54. The van der Waals surface area contributed by atoms with E-state index in [0.717, 1.165) is 24.8 Å². The summed E-state index contributed by atoms with van der Waals surface area (Å²) in [4.78, 5) is 0. The van der Waals surface area contributed by atoms with Crippen LogP contribution < -0.4 is 5.32 Å². The molecule has 1 aromatic heterocycles. The first-order valence-electron chi connectivity index (χ1n) is 7.57. The second-order valence-electron chi connectivity index (χ2n) is 5.96. The summed E-state index contributed by atoms with van der Waals surface area (Å²) in [5.74, 6) is 2.64. The first-order valence-corrected chi connectivity index (χ1v) is 7.57. The molecule has 100 valence electrons. The molecule has 1 atom stereocenters. The number of piperidine rings is 1. The number of hydrogen-bond acceptors (Lipinski definition) is 3. The van der Waals surface area contributed by atoms with Crippen molar-refractivity contribution in [2.45, 2.75) is 57.3 Å². The predicted molar refractivity (Wildman–Crippen MR) is 71.6 cm³/mol. The highest BCUT2D eigenvalue weighted by molar-refractivity contribution is 5.20. The molecule has 2 fully saturated rings. The first-order chi connectivity index (χ1) is 8.93. The molecule has 1 saturated carbocycles. The molecule has 2 heterocycles. The molecule has 1 N–H and O–H groups in total. The Morgan fingerprint density at radius 1 is 1.17 bits per heavy atom. The van der Waals surface area contributed by atoms with Crippen LogP contribution in [-0.2, 0) is 6.42 Å². The lowest BCUT2D eigenvalue weighted by atomic mass is 9.83. The Labute approximate surface area is 109 Å². The lowest BCUT2D eigenvalue weighted by molar-refractivity contribution is 0.316. The molecule has 2 aliphatic rings. The minimum absolute atomic E-state index is 0.719. The number of hydrogen-bond donors (Lipinski definition) is 1. The number of aromatic nitrogens is 1. The molecule has 0 amide bonds. The molecular weight excluding hydrogens is 224 g/mol. The van der Waals surface area contributed by atoms with Crippen LogP contribution in [0, 0.1) is 5.92 Å². The smallest absolute Gasteiger partial charge is 0.140 e. The Morgan fingerprint density at radius 3 is 2.83 bits per heavy atom. The van der Waals surface area contributed by atoms with E-state index >= 15 is 0 Å². The molecule has 0 radical (unpaired) electrons. The highest BCUT2D eigenvalue weighted by Gasteiger charge is 2.24. The zero-order valence-corrected chi connectivity index (χ0v) is 11.2. The lowest BCUT2D eigenvalue weighted by Crippen LogP contribution is -2.31. The minimum atomic E-state index is 0.719. The van der Waals surface area contributed by atoms with Gasteiger partial charge in [0.2, 0.25) is 0 Å². The van der Waals surface area contributed by atoms with Gasteiger partial charge in [-0.3, -0.25) is 0 Å². The van der Waals surface area contributed by atoms with Crippen molar-refractivity contribution in [3.63, 3.8) is 0 Å². The standard InChI is InChI=1S/C15H24N2O/c1-2-6-13(7-3-1)14-11-17-18-15(14)9-12-5-4-8-16-10-12/h11-13,16H,1-10H2. The third-order valence-electron chi connectivity index (χ3n) is 4.59. The van der Waals surface area contributed by atoms with Gasteiger partial charge in [-0.2, -0.15) is 0 Å². The average Bonchev–Trinajstić information content (AvgIpc) is 2.89. The van der Waals surface area contributed by atoms with E-state index in [0.29, 0.717) is 0 Å². The summed E-state index contributed by atoms with van der Waals surface area (Å²) in [6.07, 6.45) is 12.5. The molecule has 3 rings (SSSR count). The van der Waals surface area contributed by atoms with Crippen LogP contribution in [0.25, 0.3) is 0 Å². The van der Waals surface area contributed by atoms with Gasteiger partial charge in [-0.15, -0.1) is 0 Å². The largest absolute Gasteiger partial charge is 0.361 e. The molecule has 0 spiro atoms. The maximum Gasteiger partial charge on any atom is 0.140 e. The fourth-order valence-corrected chi connectivity index (χ4v) is 3.53. The van der Waals surface area contributed by atoms with Crippen molar-refractivity contribution in [2.24, 2.45) is 5.92 Å². The molecule has 18 heavy (non-hydrogen) atoms. The molecule has 1 unspecified atom stereocenters. The van der Waals surface area contributed by atoms with Crippen LogP contribution >= 0.6 is 0 Å². The van der Waals surface area contributed by atoms with Crippen molar-refractivity contribution in [3.8, 4) is 0 Å². The van der Waals surface area contributed by atoms with Crippen molar-refractivity contribution >= 4 is 0 Å². The van der Waals surface area contributed by atoms with Crippen molar-refractivity contribution in [1.82, 2.24) is 10.5 Å². The van der Waals surface area contributed by atoms with Crippen LogP contribution in [0.15, 0.2) is 10.7 Å². The highest BCUT2D eigenvalue weighted by atomic mass is 16.5. The third-order valence-corrected chi connectivity index (χ3v) is 4.59. The fourth-order valence-electron chi connectivity index (χ4n) is 3.53. The number of rotatable bonds is 3. The Hall–Kier alpha value is -0.830. The van der Waals surface area contributed by atoms with Crippen LogP contribution in [0.5, 0.6) is 0 Å². The second-order valence-corrected chi connectivity index (χ2v) is 5.96. The van der Waals surface area contributed by atoms with E-state index in [1.807, 2.05) is 6.20 Å². The molecule has 1 saturated heterocycles. The molecule has 0 aromatic carbocycles. The van der Waals surface area contributed by atoms with Gasteiger partial charge in [-0.25, -0.2) is 0 Å². The molecular formula is C15H24N2O. The van der Waals surface area contributed by atoms with Crippen LogP contribution in [0.4, 0.5) is 0 Å². The summed E-state index contributed by atoms with van der Waals surface area (Å²) in [5.41, 5.74) is 1.42. The van der Waals surface area contributed by atoms with E-state index in [4.69, 9.17) is 4.52 Å². The summed E-state index contributed by atoms with van der Waals surface area (Å²) < 4.78 is 5.54. The van der Waals surface area contributed by atoms with E-state index in [1.165, 1.54) is 62.8 Å². The Balaban J connectivity index is 1.66. The van der Waals surface area contributed by atoms with Crippen LogP contribution in [0.1, 0.15) is 62.2 Å². The van der Waals surface area contributed by atoms with Crippen LogP contribution in [-0.4, -0.2) is 18.2 Å². The Kier molecular flexibility index (Phi) is 3.99. The van der Waals surface area contributed by atoms with E-state index in [1.54, 1.807) is 0 Å². The van der Waals surface area contributed by atoms with Gasteiger partial charge < -0.3 is 9.84 Å². The van der Waals surface area contributed by atoms with Gasteiger partial charge in [0.05, 0.1) is 6.20 Å². The fraction of sp³-hybridized carbons (Fsp3) is 0.800. The second kappa shape index (κ2) is 5.87. The minimum Gasteiger partial charge on any atom is -0.361 e. The van der Waals surface area contributed by atoms with E-state index in [9.17, 15) is 0 Å². The summed E-state index contributed by atoms with van der Waals surface area (Å²) in [7, 11) is 0. The zero-order chi connectivity index (χ0) is 12.2. The Morgan fingerprint density at radius 2 is 2.06 bits per heavy atom. The van der Waals surface area contributed by atoms with Gasteiger partial charge >= 0.3 is 0 Å². The highest BCUT2D eigenvalue weighted by Crippen LogP contribution is 2.35. The van der Waals surface area contributed by atoms with Gasteiger partial charge in [0.1, 0.15) is 5.76 Å². The quantitative estimate of drug-likeness (QED) is 0.892. The predicted octanol–water partition coefficient (Wildman–Crippen LogP) is 3.26. The van der Waals surface area contributed by atoms with Gasteiger partial charge in [0, 0.05) is 12.0 Å². The summed E-state index contributed by atoms with van der Waals surface area (Å²) in [6, 6.07) is 0. The summed E-state index contributed by atoms with van der Waals surface area (Å²) in [5, 5.41) is 7.55. The zero-order valence-electron chi connectivity index (χ0n) is 11.2. The maximum atomic E-state index is 5.54. The summed E-state index contributed by atoms with van der Waals surface area (Å²) in [6.45, 7) is 2.33. The average molecular weight is 248 g/mol. The number of nitrogens with one attached hydrogen (secondary N) is 1. The lowest BCUT2D eigenvalue weighted by Gasteiger charge is -2.24. The monoisotopic (exact) mass is 248 g/mol. The molecule has 3 heteroatoms. The third kappa shape index (κ3) is 2.77. The van der Waals surface area contributed by atoms with E-state index < -0.39 is 0 Å². The van der Waals surface area contributed by atoms with Crippen molar-refractivity contribution in [2.75, 3.05) is 13.1 Å². The summed E-state index contributed by atoms with van der Waals surface area (Å²) >= 11 is 0. The topological polar surface area (TPSA) is 38.1 Å². The SMILES string of the molecule is c1noc(CC2CCCNC2)c1C1CCCCC1. The van der Waals surface area contributed by atoms with E-state index in [2.05, 4.69) is 10.5 Å². The van der Waals surface area contributed by atoms with Gasteiger partial charge in [0.15, 0.2) is 0 Å². The molecule has 0 bridgehead atoms. The van der Waals surface area contributed by atoms with Gasteiger partial charge in [-0.05, 0) is 50.6 Å². The van der Waals surface area contributed by atoms with Gasteiger partial charge in [0.25, 0.3) is 0 Å². The van der Waals surface area contributed by atoms with Crippen LogP contribution in [0.3, 0.4) is 0 Å².